The van der Waals surface area contributed by atoms with E-state index in [0.29, 0.717) is 5.95 Å². The molecule has 0 spiro atoms. The van der Waals surface area contributed by atoms with Crippen molar-refractivity contribution < 1.29 is 0 Å². The summed E-state index contributed by atoms with van der Waals surface area (Å²) in [5.74, 6) is 5.89. The highest BCUT2D eigenvalue weighted by Gasteiger charge is 1.96. The summed E-state index contributed by atoms with van der Waals surface area (Å²) in [6, 6.07) is 7.95. The molecule has 3 N–H and O–H groups in total. The molecule has 0 bridgehead atoms. The first-order chi connectivity index (χ1) is 7.75. The monoisotopic (exact) mass is 328 g/mol. The average molecular weight is 328 g/mol. The van der Waals surface area contributed by atoms with E-state index < -0.39 is 0 Å². The number of hydrogen-bond acceptors (Lipinski definition) is 5. The Morgan fingerprint density at radius 3 is 3.06 bits per heavy atom. The first-order valence-electron chi connectivity index (χ1n) is 4.45. The van der Waals surface area contributed by atoms with Gasteiger partial charge in [0.15, 0.2) is 0 Å². The molecule has 0 fully saturated rings. The average Bonchev–Trinajstić information content (AvgIpc) is 2.65. The third-order valence-electron chi connectivity index (χ3n) is 1.80. The van der Waals surface area contributed by atoms with Gasteiger partial charge in [-0.1, -0.05) is 12.1 Å². The van der Waals surface area contributed by atoms with Crippen LogP contribution < -0.4 is 11.3 Å². The summed E-state index contributed by atoms with van der Waals surface area (Å²) in [6.07, 6.45) is 3.08. The largest absolute Gasteiger partial charge is 0.335 e. The second-order valence-electron chi connectivity index (χ2n) is 2.99. The molecule has 16 heavy (non-hydrogen) atoms. The molecule has 0 radical (unpaired) electrons. The SMILES string of the molecule is Nn1cnnc1NN=Cc1cccc(I)c1. The van der Waals surface area contributed by atoms with Gasteiger partial charge in [-0.05, 0) is 40.3 Å². The topological polar surface area (TPSA) is 81.1 Å². The van der Waals surface area contributed by atoms with E-state index in [1.165, 1.54) is 11.0 Å². The number of hydrogen-bond donors (Lipinski definition) is 2. The lowest BCUT2D eigenvalue weighted by Gasteiger charge is -1.97. The number of benzene rings is 1. The van der Waals surface area contributed by atoms with E-state index >= 15 is 0 Å². The molecule has 2 aromatic rings. The zero-order valence-corrected chi connectivity index (χ0v) is 10.4. The third kappa shape index (κ3) is 2.69. The van der Waals surface area contributed by atoms with Crippen molar-refractivity contribution in [2.24, 2.45) is 5.10 Å². The Kier molecular flexibility index (Phi) is 3.34. The van der Waals surface area contributed by atoms with E-state index in [4.69, 9.17) is 5.84 Å². The number of anilines is 1. The van der Waals surface area contributed by atoms with Gasteiger partial charge < -0.3 is 5.84 Å². The number of nitrogens with one attached hydrogen (secondary N) is 1. The Hall–Kier alpha value is -1.64. The van der Waals surface area contributed by atoms with Gasteiger partial charge in [-0.2, -0.15) is 5.10 Å². The zero-order chi connectivity index (χ0) is 11.4. The number of halogens is 1. The standard InChI is InChI=1S/C9H9IN6/c10-8-3-1-2-7(4-8)5-12-14-9-15-13-6-16(9)11/h1-6H,11H2,(H,14,15). The molecule has 0 aliphatic heterocycles. The van der Waals surface area contributed by atoms with E-state index in [9.17, 15) is 0 Å². The van der Waals surface area contributed by atoms with Gasteiger partial charge in [0.1, 0.15) is 6.33 Å². The van der Waals surface area contributed by atoms with Crippen LogP contribution in [0.3, 0.4) is 0 Å². The molecule has 2 rings (SSSR count). The highest BCUT2D eigenvalue weighted by Crippen LogP contribution is 2.05. The highest BCUT2D eigenvalue weighted by atomic mass is 127. The third-order valence-corrected chi connectivity index (χ3v) is 2.47. The number of aromatic nitrogens is 3. The molecule has 1 aromatic carbocycles. The van der Waals surface area contributed by atoms with Crippen molar-refractivity contribution >= 4 is 34.8 Å². The first kappa shape index (κ1) is 10.9. The van der Waals surface area contributed by atoms with Crippen molar-refractivity contribution in [2.75, 3.05) is 11.3 Å². The molecular weight excluding hydrogens is 319 g/mol. The lowest BCUT2D eigenvalue weighted by Crippen LogP contribution is -2.10. The number of rotatable bonds is 3. The Bertz CT molecular complexity index is 506. The molecule has 0 unspecified atom stereocenters. The molecule has 82 valence electrons. The van der Waals surface area contributed by atoms with Gasteiger partial charge in [0.2, 0.25) is 0 Å². The molecule has 0 saturated heterocycles. The number of nitrogens with two attached hydrogens (primary N) is 1. The lowest BCUT2D eigenvalue weighted by molar-refractivity contribution is 0.988. The molecule has 0 amide bonds. The van der Waals surface area contributed by atoms with Crippen LogP contribution in [0.5, 0.6) is 0 Å². The van der Waals surface area contributed by atoms with Gasteiger partial charge in [-0.3, -0.25) is 0 Å². The summed E-state index contributed by atoms with van der Waals surface area (Å²) in [6.45, 7) is 0. The van der Waals surface area contributed by atoms with Gasteiger partial charge in [-0.15, -0.1) is 10.2 Å². The summed E-state index contributed by atoms with van der Waals surface area (Å²) in [5, 5.41) is 11.3. The summed E-state index contributed by atoms with van der Waals surface area (Å²) in [5.41, 5.74) is 3.69. The molecule has 0 atom stereocenters. The maximum Gasteiger partial charge on any atom is 0.263 e. The maximum absolute atomic E-state index is 5.50. The van der Waals surface area contributed by atoms with Crippen LogP contribution in [0, 0.1) is 3.57 Å². The van der Waals surface area contributed by atoms with Crippen LogP contribution in [-0.2, 0) is 0 Å². The van der Waals surface area contributed by atoms with Crippen LogP contribution in [0.15, 0.2) is 35.7 Å². The minimum atomic E-state index is 0.391. The zero-order valence-electron chi connectivity index (χ0n) is 8.21. The number of nitrogen functional groups attached to an aromatic ring is 1. The second kappa shape index (κ2) is 4.92. The molecular formula is C9H9IN6. The van der Waals surface area contributed by atoms with Gasteiger partial charge >= 0.3 is 0 Å². The highest BCUT2D eigenvalue weighted by molar-refractivity contribution is 14.1. The van der Waals surface area contributed by atoms with Crippen LogP contribution in [0.25, 0.3) is 0 Å². The second-order valence-corrected chi connectivity index (χ2v) is 4.23. The van der Waals surface area contributed by atoms with Crippen molar-refractivity contribution in [1.82, 2.24) is 14.9 Å². The van der Waals surface area contributed by atoms with Crippen LogP contribution in [0.2, 0.25) is 0 Å². The van der Waals surface area contributed by atoms with Gasteiger partial charge in [-0.25, -0.2) is 10.1 Å². The normalized spacial score (nSPS) is 10.8. The van der Waals surface area contributed by atoms with Crippen LogP contribution in [-0.4, -0.2) is 21.1 Å². The summed E-state index contributed by atoms with van der Waals surface area (Å²) in [4.78, 5) is 0. The maximum atomic E-state index is 5.50. The number of nitrogens with zero attached hydrogens (tertiary/aromatic N) is 4. The molecule has 1 heterocycles. The molecule has 0 aliphatic rings. The predicted octanol–water partition coefficient (Wildman–Crippen LogP) is 1.04. The van der Waals surface area contributed by atoms with Crippen molar-refractivity contribution in [1.29, 1.82) is 0 Å². The van der Waals surface area contributed by atoms with E-state index in [1.807, 2.05) is 24.3 Å². The Morgan fingerprint density at radius 1 is 1.50 bits per heavy atom. The fourth-order valence-corrected chi connectivity index (χ4v) is 1.64. The lowest BCUT2D eigenvalue weighted by atomic mass is 10.2. The minimum absolute atomic E-state index is 0.391. The quantitative estimate of drug-likeness (QED) is 0.382. The van der Waals surface area contributed by atoms with E-state index in [1.54, 1.807) is 6.21 Å². The van der Waals surface area contributed by atoms with Crippen molar-refractivity contribution in [3.63, 3.8) is 0 Å². The van der Waals surface area contributed by atoms with E-state index in [0.717, 1.165) is 9.13 Å². The Morgan fingerprint density at radius 2 is 2.38 bits per heavy atom. The molecule has 0 saturated carbocycles. The molecule has 7 heteroatoms. The first-order valence-corrected chi connectivity index (χ1v) is 5.53. The predicted molar refractivity (Wildman–Crippen MR) is 70.5 cm³/mol. The van der Waals surface area contributed by atoms with Gasteiger partial charge in [0.05, 0.1) is 6.21 Å². The smallest absolute Gasteiger partial charge is 0.263 e. The molecule has 1 aromatic heterocycles. The molecule has 6 nitrogen and oxygen atoms in total. The number of hydrazone groups is 1. The van der Waals surface area contributed by atoms with Crippen LogP contribution >= 0.6 is 22.6 Å². The van der Waals surface area contributed by atoms with Crippen molar-refractivity contribution in [2.45, 2.75) is 0 Å². The summed E-state index contributed by atoms with van der Waals surface area (Å²) >= 11 is 2.24. The summed E-state index contributed by atoms with van der Waals surface area (Å²) < 4.78 is 2.41. The summed E-state index contributed by atoms with van der Waals surface area (Å²) in [7, 11) is 0. The van der Waals surface area contributed by atoms with Crippen LogP contribution in [0.1, 0.15) is 5.56 Å². The fourth-order valence-electron chi connectivity index (χ4n) is 1.07. The van der Waals surface area contributed by atoms with E-state index in [2.05, 4.69) is 43.3 Å². The van der Waals surface area contributed by atoms with Crippen LogP contribution in [0.4, 0.5) is 5.95 Å². The minimum Gasteiger partial charge on any atom is -0.335 e. The Labute approximate surface area is 106 Å². The van der Waals surface area contributed by atoms with Gasteiger partial charge in [0.25, 0.3) is 5.95 Å². The fraction of sp³-hybridized carbons (Fsp3) is 0. The van der Waals surface area contributed by atoms with Crippen molar-refractivity contribution in [3.05, 3.63) is 39.7 Å². The Balaban J connectivity index is 2.03. The van der Waals surface area contributed by atoms with Crippen molar-refractivity contribution in [3.8, 4) is 0 Å². The molecule has 0 aliphatic carbocycles. The van der Waals surface area contributed by atoms with Gasteiger partial charge in [0, 0.05) is 3.57 Å². The van der Waals surface area contributed by atoms with E-state index in [-0.39, 0.29) is 0 Å².